The number of hydrogen-bond acceptors (Lipinski definition) is 2. The van der Waals surface area contributed by atoms with E-state index >= 15 is 0 Å². The van der Waals surface area contributed by atoms with Gasteiger partial charge in [-0.15, -0.1) is 0 Å². The molecule has 1 aliphatic heterocycles. The molecule has 1 heterocycles. The van der Waals surface area contributed by atoms with Gasteiger partial charge in [0.2, 0.25) is 0 Å². The van der Waals surface area contributed by atoms with Crippen LogP contribution in [0.3, 0.4) is 0 Å². The maximum atomic E-state index is 11.8. The molecule has 0 saturated carbocycles. The Labute approximate surface area is 109 Å². The molecule has 2 N–H and O–H groups in total. The number of hydrogen-bond donors (Lipinski definition) is 2. The minimum Gasteiger partial charge on any atom is -0.478 e. The largest absolute Gasteiger partial charge is 0.478 e. The Morgan fingerprint density at radius 2 is 1.89 bits per heavy atom. The van der Waals surface area contributed by atoms with Crippen molar-refractivity contribution in [2.75, 3.05) is 18.4 Å². The molecule has 0 unspecified atom stereocenters. The summed E-state index contributed by atoms with van der Waals surface area (Å²) in [5.74, 6) is -1.07. The Hall–Kier alpha value is -1.75. The summed E-state index contributed by atoms with van der Waals surface area (Å²) in [7, 11) is 0. The fourth-order valence-corrected chi connectivity index (χ4v) is 2.14. The summed E-state index contributed by atoms with van der Waals surface area (Å²) in [5.41, 5.74) is 0.455. The van der Waals surface area contributed by atoms with Gasteiger partial charge in [-0.25, -0.2) is 9.59 Å². The number of halogens is 1. The van der Waals surface area contributed by atoms with Gasteiger partial charge in [0.05, 0.1) is 5.56 Å². The minimum atomic E-state index is -1.07. The normalized spacial score (nSPS) is 14.6. The molecule has 1 aliphatic rings. The van der Waals surface area contributed by atoms with Crippen molar-refractivity contribution < 1.29 is 14.7 Å². The van der Waals surface area contributed by atoms with E-state index in [2.05, 4.69) is 5.32 Å². The molecular weight excluding hydrogens is 256 g/mol. The van der Waals surface area contributed by atoms with Crippen molar-refractivity contribution in [3.8, 4) is 0 Å². The molecular formula is C12H13ClN2O3. The summed E-state index contributed by atoms with van der Waals surface area (Å²) in [4.78, 5) is 24.4. The number of nitrogens with zero attached hydrogens (tertiary/aromatic N) is 1. The average molecular weight is 269 g/mol. The van der Waals surface area contributed by atoms with Crippen LogP contribution in [0.1, 0.15) is 23.2 Å². The Morgan fingerprint density at radius 1 is 1.22 bits per heavy atom. The lowest BCUT2D eigenvalue weighted by Gasteiger charge is -2.16. The van der Waals surface area contributed by atoms with Crippen molar-refractivity contribution in [1.29, 1.82) is 0 Å². The molecule has 6 heteroatoms. The van der Waals surface area contributed by atoms with Crippen molar-refractivity contribution in [1.82, 2.24) is 4.90 Å². The van der Waals surface area contributed by atoms with E-state index in [4.69, 9.17) is 16.7 Å². The van der Waals surface area contributed by atoms with Crippen molar-refractivity contribution >= 4 is 29.3 Å². The van der Waals surface area contributed by atoms with Gasteiger partial charge in [0.25, 0.3) is 0 Å². The van der Waals surface area contributed by atoms with Crippen LogP contribution in [0, 0.1) is 0 Å². The second-order valence-corrected chi connectivity index (χ2v) is 4.59. The zero-order valence-electron chi connectivity index (χ0n) is 9.65. The summed E-state index contributed by atoms with van der Waals surface area (Å²) in [5, 5.41) is 11.8. The van der Waals surface area contributed by atoms with Crippen molar-refractivity contribution in [2.45, 2.75) is 12.8 Å². The first-order chi connectivity index (χ1) is 8.56. The predicted molar refractivity (Wildman–Crippen MR) is 68.2 cm³/mol. The molecule has 0 aliphatic carbocycles. The van der Waals surface area contributed by atoms with Gasteiger partial charge in [0, 0.05) is 23.8 Å². The minimum absolute atomic E-state index is 0.0548. The molecule has 1 aromatic rings. The summed E-state index contributed by atoms with van der Waals surface area (Å²) in [6.45, 7) is 1.47. The summed E-state index contributed by atoms with van der Waals surface area (Å²) in [6.07, 6.45) is 2.01. The van der Waals surface area contributed by atoms with Crippen LogP contribution >= 0.6 is 11.6 Å². The topological polar surface area (TPSA) is 69.6 Å². The van der Waals surface area contributed by atoms with Crippen LogP contribution < -0.4 is 5.32 Å². The van der Waals surface area contributed by atoms with Gasteiger partial charge in [-0.05, 0) is 31.0 Å². The lowest BCUT2D eigenvalue weighted by Crippen LogP contribution is -2.32. The Balaban J connectivity index is 2.13. The number of aromatic carboxylic acids is 1. The number of amides is 2. The molecule has 18 heavy (non-hydrogen) atoms. The number of carbonyl (C=O) groups excluding carboxylic acids is 1. The van der Waals surface area contributed by atoms with Gasteiger partial charge < -0.3 is 15.3 Å². The van der Waals surface area contributed by atoms with E-state index in [9.17, 15) is 9.59 Å². The van der Waals surface area contributed by atoms with E-state index < -0.39 is 5.97 Å². The van der Waals surface area contributed by atoms with Crippen LogP contribution in [0.15, 0.2) is 18.2 Å². The summed E-state index contributed by atoms with van der Waals surface area (Å²) in [6, 6.07) is 4.05. The highest BCUT2D eigenvalue weighted by Gasteiger charge is 2.18. The fourth-order valence-electron chi connectivity index (χ4n) is 1.91. The van der Waals surface area contributed by atoms with Gasteiger partial charge in [0.15, 0.2) is 0 Å². The van der Waals surface area contributed by atoms with Gasteiger partial charge in [-0.1, -0.05) is 11.6 Å². The quantitative estimate of drug-likeness (QED) is 0.866. The number of anilines is 1. The molecule has 2 rings (SSSR count). The average Bonchev–Trinajstić information content (AvgIpc) is 2.81. The molecule has 1 fully saturated rings. The summed E-state index contributed by atoms with van der Waals surface area (Å²) >= 11 is 5.81. The number of benzene rings is 1. The standard InChI is InChI=1S/C12H13ClN2O3/c13-9-5-8(11(16)17)6-10(7-9)14-12(18)15-3-1-2-4-15/h5-7H,1-4H2,(H,14,18)(H,16,17). The highest BCUT2D eigenvalue weighted by Crippen LogP contribution is 2.20. The number of nitrogens with one attached hydrogen (secondary N) is 1. The number of likely N-dealkylation sites (tertiary alicyclic amines) is 1. The molecule has 96 valence electrons. The second kappa shape index (κ2) is 5.27. The second-order valence-electron chi connectivity index (χ2n) is 4.16. The number of carboxylic acids is 1. The first-order valence-electron chi connectivity index (χ1n) is 5.66. The van der Waals surface area contributed by atoms with E-state index in [0.717, 1.165) is 25.9 Å². The van der Waals surface area contributed by atoms with E-state index in [1.165, 1.54) is 18.2 Å². The maximum absolute atomic E-state index is 11.8. The highest BCUT2D eigenvalue weighted by atomic mass is 35.5. The number of carbonyl (C=O) groups is 2. The van der Waals surface area contributed by atoms with E-state index in [1.54, 1.807) is 4.90 Å². The van der Waals surface area contributed by atoms with Gasteiger partial charge in [-0.2, -0.15) is 0 Å². The first kappa shape index (κ1) is 12.7. The Kier molecular flexibility index (Phi) is 3.72. The van der Waals surface area contributed by atoms with Crippen LogP contribution in [-0.4, -0.2) is 35.1 Å². The van der Waals surface area contributed by atoms with Gasteiger partial charge in [0.1, 0.15) is 0 Å². The molecule has 0 bridgehead atoms. The third kappa shape index (κ3) is 2.92. The lowest BCUT2D eigenvalue weighted by molar-refractivity contribution is 0.0697. The van der Waals surface area contributed by atoms with Crippen LogP contribution in [0.25, 0.3) is 0 Å². The van der Waals surface area contributed by atoms with E-state index in [0.29, 0.717) is 5.69 Å². The maximum Gasteiger partial charge on any atom is 0.335 e. The molecule has 1 aromatic carbocycles. The fraction of sp³-hybridized carbons (Fsp3) is 0.333. The Morgan fingerprint density at radius 3 is 2.50 bits per heavy atom. The number of rotatable bonds is 2. The predicted octanol–water partition coefficient (Wildman–Crippen LogP) is 2.67. The van der Waals surface area contributed by atoms with Crippen molar-refractivity contribution in [3.05, 3.63) is 28.8 Å². The van der Waals surface area contributed by atoms with E-state index in [1.807, 2.05) is 0 Å². The molecule has 0 radical (unpaired) electrons. The monoisotopic (exact) mass is 268 g/mol. The van der Waals surface area contributed by atoms with Crippen LogP contribution in [0.4, 0.5) is 10.5 Å². The summed E-state index contributed by atoms with van der Waals surface area (Å²) < 4.78 is 0. The van der Waals surface area contributed by atoms with Crippen molar-refractivity contribution in [3.63, 3.8) is 0 Å². The number of carboxylic acid groups (broad SMARTS) is 1. The third-order valence-electron chi connectivity index (χ3n) is 2.79. The van der Waals surface area contributed by atoms with Crippen LogP contribution in [0.5, 0.6) is 0 Å². The molecule has 2 amide bonds. The van der Waals surface area contributed by atoms with Gasteiger partial charge >= 0.3 is 12.0 Å². The molecule has 0 atom stereocenters. The zero-order chi connectivity index (χ0) is 13.1. The SMILES string of the molecule is O=C(O)c1cc(Cl)cc(NC(=O)N2CCCC2)c1. The van der Waals surface area contributed by atoms with Crippen LogP contribution in [-0.2, 0) is 0 Å². The van der Waals surface area contributed by atoms with Crippen molar-refractivity contribution in [2.24, 2.45) is 0 Å². The van der Waals surface area contributed by atoms with Crippen LogP contribution in [0.2, 0.25) is 5.02 Å². The lowest BCUT2D eigenvalue weighted by atomic mass is 10.2. The Bertz CT molecular complexity index is 484. The zero-order valence-corrected chi connectivity index (χ0v) is 10.4. The smallest absolute Gasteiger partial charge is 0.335 e. The first-order valence-corrected chi connectivity index (χ1v) is 6.04. The molecule has 5 nitrogen and oxygen atoms in total. The molecule has 0 spiro atoms. The highest BCUT2D eigenvalue weighted by molar-refractivity contribution is 6.31. The third-order valence-corrected chi connectivity index (χ3v) is 3.01. The molecule has 1 saturated heterocycles. The number of urea groups is 1. The van der Waals surface area contributed by atoms with Gasteiger partial charge in [-0.3, -0.25) is 0 Å². The van der Waals surface area contributed by atoms with E-state index in [-0.39, 0.29) is 16.6 Å². The molecule has 0 aromatic heterocycles.